The summed E-state index contributed by atoms with van der Waals surface area (Å²) in [6.07, 6.45) is 2.27. The fourth-order valence-corrected chi connectivity index (χ4v) is 1.98. The Morgan fingerprint density at radius 3 is 2.81 bits per heavy atom. The summed E-state index contributed by atoms with van der Waals surface area (Å²) < 4.78 is 0. The zero-order valence-corrected chi connectivity index (χ0v) is 9.35. The van der Waals surface area contributed by atoms with Crippen LogP contribution in [0.4, 0.5) is 0 Å². The largest absolute Gasteiger partial charge is 0.385 e. The minimum Gasteiger partial charge on any atom is -0.385 e. The van der Waals surface area contributed by atoms with Crippen LogP contribution in [0.1, 0.15) is 18.9 Å². The number of hydrogen-bond acceptors (Lipinski definition) is 3. The average molecular weight is 216 g/mol. The van der Waals surface area contributed by atoms with Gasteiger partial charge in [-0.15, -0.1) is 0 Å². The summed E-state index contributed by atoms with van der Waals surface area (Å²) in [5.74, 6) is 0. The maximum Gasteiger partial charge on any atom is 0.0887 e. The van der Waals surface area contributed by atoms with Gasteiger partial charge in [0.05, 0.1) is 11.1 Å². The summed E-state index contributed by atoms with van der Waals surface area (Å²) in [4.78, 5) is 4.27. The summed E-state index contributed by atoms with van der Waals surface area (Å²) in [5, 5.41) is 11.4. The number of aromatic nitrogens is 1. The van der Waals surface area contributed by atoms with Crippen molar-refractivity contribution in [1.82, 2.24) is 4.98 Å². The van der Waals surface area contributed by atoms with Gasteiger partial charge in [-0.05, 0) is 37.6 Å². The zero-order chi connectivity index (χ0) is 11.6. The minimum absolute atomic E-state index is 0.462. The number of aliphatic hydroxyl groups is 1. The third-order valence-corrected chi connectivity index (χ3v) is 2.86. The second kappa shape index (κ2) is 4.20. The molecule has 3 heteroatoms. The van der Waals surface area contributed by atoms with Crippen molar-refractivity contribution in [3.8, 4) is 0 Å². The monoisotopic (exact) mass is 216 g/mol. The standard InChI is InChI=1S/C13H16N2O/c1-13(16,7-8-14)11-6-9-15-12-5-3-2-4-10(11)12/h2-6,9,16H,7-8,14H2,1H3. The number of rotatable bonds is 3. The lowest BCUT2D eigenvalue weighted by molar-refractivity contribution is 0.0519. The molecule has 1 aromatic carbocycles. The molecule has 3 N–H and O–H groups in total. The highest BCUT2D eigenvalue weighted by Crippen LogP contribution is 2.29. The van der Waals surface area contributed by atoms with Gasteiger partial charge < -0.3 is 10.8 Å². The molecule has 0 aliphatic rings. The molecule has 0 spiro atoms. The van der Waals surface area contributed by atoms with E-state index in [2.05, 4.69) is 4.98 Å². The van der Waals surface area contributed by atoms with Gasteiger partial charge in [0.15, 0.2) is 0 Å². The van der Waals surface area contributed by atoms with E-state index in [1.807, 2.05) is 30.3 Å². The lowest BCUT2D eigenvalue weighted by Gasteiger charge is -2.24. The smallest absolute Gasteiger partial charge is 0.0887 e. The van der Waals surface area contributed by atoms with Crippen LogP contribution in [0.2, 0.25) is 0 Å². The Bertz CT molecular complexity index is 489. The highest BCUT2D eigenvalue weighted by molar-refractivity contribution is 5.82. The molecule has 84 valence electrons. The van der Waals surface area contributed by atoms with Gasteiger partial charge in [-0.3, -0.25) is 4.98 Å². The van der Waals surface area contributed by atoms with Gasteiger partial charge >= 0.3 is 0 Å². The molecule has 0 saturated heterocycles. The molecule has 1 heterocycles. The molecule has 1 unspecified atom stereocenters. The third-order valence-electron chi connectivity index (χ3n) is 2.86. The molecule has 0 fully saturated rings. The van der Waals surface area contributed by atoms with Gasteiger partial charge in [-0.1, -0.05) is 18.2 Å². The van der Waals surface area contributed by atoms with Gasteiger partial charge in [0.25, 0.3) is 0 Å². The van der Waals surface area contributed by atoms with Crippen LogP contribution in [0.15, 0.2) is 36.5 Å². The molecule has 1 aromatic heterocycles. The van der Waals surface area contributed by atoms with Gasteiger partial charge in [-0.2, -0.15) is 0 Å². The van der Waals surface area contributed by atoms with Crippen LogP contribution in [0.3, 0.4) is 0 Å². The van der Waals surface area contributed by atoms with E-state index in [1.165, 1.54) is 0 Å². The number of hydrogen-bond donors (Lipinski definition) is 2. The van der Waals surface area contributed by atoms with E-state index in [4.69, 9.17) is 5.73 Å². The predicted molar refractivity (Wildman–Crippen MR) is 65.0 cm³/mol. The molecular weight excluding hydrogens is 200 g/mol. The molecule has 2 rings (SSSR count). The van der Waals surface area contributed by atoms with Crippen LogP contribution < -0.4 is 5.73 Å². The van der Waals surface area contributed by atoms with Crippen molar-refractivity contribution < 1.29 is 5.11 Å². The Morgan fingerprint density at radius 1 is 1.31 bits per heavy atom. The van der Waals surface area contributed by atoms with Crippen LogP contribution in [-0.4, -0.2) is 16.6 Å². The Morgan fingerprint density at radius 2 is 2.06 bits per heavy atom. The third kappa shape index (κ3) is 1.92. The Balaban J connectivity index is 2.60. The first-order valence-corrected chi connectivity index (χ1v) is 5.42. The minimum atomic E-state index is -0.892. The van der Waals surface area contributed by atoms with Crippen molar-refractivity contribution in [2.24, 2.45) is 5.73 Å². The molecule has 0 amide bonds. The van der Waals surface area contributed by atoms with Crippen LogP contribution in [0.25, 0.3) is 10.9 Å². The quantitative estimate of drug-likeness (QED) is 0.822. The van der Waals surface area contributed by atoms with E-state index >= 15 is 0 Å². The fraction of sp³-hybridized carbons (Fsp3) is 0.308. The molecule has 0 aliphatic heterocycles. The molecule has 2 aromatic rings. The summed E-state index contributed by atoms with van der Waals surface area (Å²) in [5.41, 5.74) is 6.42. The van der Waals surface area contributed by atoms with Crippen LogP contribution in [0, 0.1) is 0 Å². The fourth-order valence-electron chi connectivity index (χ4n) is 1.98. The number of fused-ring (bicyclic) bond motifs is 1. The first kappa shape index (κ1) is 11.0. The number of para-hydroxylation sites is 1. The SMILES string of the molecule is CC(O)(CCN)c1ccnc2ccccc12. The molecule has 16 heavy (non-hydrogen) atoms. The summed E-state index contributed by atoms with van der Waals surface area (Å²) in [7, 11) is 0. The summed E-state index contributed by atoms with van der Waals surface area (Å²) in [6.45, 7) is 2.26. The van der Waals surface area contributed by atoms with Crippen molar-refractivity contribution in [2.45, 2.75) is 18.9 Å². The topological polar surface area (TPSA) is 59.1 Å². The van der Waals surface area contributed by atoms with Crippen molar-refractivity contribution >= 4 is 10.9 Å². The Labute approximate surface area is 94.9 Å². The highest BCUT2D eigenvalue weighted by Gasteiger charge is 2.24. The lowest BCUT2D eigenvalue weighted by atomic mass is 9.90. The van der Waals surface area contributed by atoms with Gasteiger partial charge in [0.1, 0.15) is 0 Å². The molecule has 0 aliphatic carbocycles. The number of nitrogens with two attached hydrogens (primary N) is 1. The molecule has 0 radical (unpaired) electrons. The maximum absolute atomic E-state index is 10.4. The van der Waals surface area contributed by atoms with Crippen LogP contribution >= 0.6 is 0 Å². The summed E-state index contributed by atoms with van der Waals surface area (Å²) >= 11 is 0. The second-order valence-electron chi connectivity index (χ2n) is 4.19. The Hall–Kier alpha value is -1.45. The number of benzene rings is 1. The Kier molecular flexibility index (Phi) is 2.90. The molecular formula is C13H16N2O. The normalized spacial score (nSPS) is 14.9. The van der Waals surface area contributed by atoms with E-state index in [9.17, 15) is 5.11 Å². The first-order chi connectivity index (χ1) is 7.65. The first-order valence-electron chi connectivity index (χ1n) is 5.42. The van der Waals surface area contributed by atoms with E-state index in [-0.39, 0.29) is 0 Å². The number of nitrogens with zero attached hydrogens (tertiary/aromatic N) is 1. The van der Waals surface area contributed by atoms with E-state index in [0.717, 1.165) is 16.5 Å². The van der Waals surface area contributed by atoms with Crippen molar-refractivity contribution in [2.75, 3.05) is 6.54 Å². The van der Waals surface area contributed by atoms with Crippen molar-refractivity contribution in [3.63, 3.8) is 0 Å². The van der Waals surface area contributed by atoms with Crippen molar-refractivity contribution in [1.29, 1.82) is 0 Å². The predicted octanol–water partition coefficient (Wildman–Crippen LogP) is 1.79. The molecule has 1 atom stereocenters. The van der Waals surface area contributed by atoms with Gasteiger partial charge in [0, 0.05) is 11.6 Å². The van der Waals surface area contributed by atoms with E-state index < -0.39 is 5.60 Å². The molecule has 0 saturated carbocycles. The second-order valence-corrected chi connectivity index (χ2v) is 4.19. The van der Waals surface area contributed by atoms with Gasteiger partial charge in [-0.25, -0.2) is 0 Å². The average Bonchev–Trinajstić information content (AvgIpc) is 2.28. The lowest BCUT2D eigenvalue weighted by Crippen LogP contribution is -2.25. The van der Waals surface area contributed by atoms with Crippen LogP contribution in [0.5, 0.6) is 0 Å². The maximum atomic E-state index is 10.4. The van der Waals surface area contributed by atoms with E-state index in [0.29, 0.717) is 13.0 Å². The molecule has 0 bridgehead atoms. The van der Waals surface area contributed by atoms with Crippen molar-refractivity contribution in [3.05, 3.63) is 42.1 Å². The van der Waals surface area contributed by atoms with Gasteiger partial charge in [0.2, 0.25) is 0 Å². The highest BCUT2D eigenvalue weighted by atomic mass is 16.3. The summed E-state index contributed by atoms with van der Waals surface area (Å²) in [6, 6.07) is 9.67. The van der Waals surface area contributed by atoms with Crippen LogP contribution in [-0.2, 0) is 5.60 Å². The van der Waals surface area contributed by atoms with E-state index in [1.54, 1.807) is 13.1 Å². The number of pyridine rings is 1. The molecule has 3 nitrogen and oxygen atoms in total. The zero-order valence-electron chi connectivity index (χ0n) is 9.35.